The van der Waals surface area contributed by atoms with Crippen molar-refractivity contribution in [2.24, 2.45) is 0 Å². The van der Waals surface area contributed by atoms with E-state index in [-0.39, 0.29) is 16.3 Å². The first kappa shape index (κ1) is 15.2. The molecular formula is C14H7F5N2O2. The number of para-hydroxylation sites is 1. The molecule has 0 saturated carbocycles. The van der Waals surface area contributed by atoms with Gasteiger partial charge in [-0.25, -0.2) is 22.0 Å². The molecule has 0 unspecified atom stereocenters. The van der Waals surface area contributed by atoms with Gasteiger partial charge in [0.05, 0.1) is 11.1 Å². The Kier molecular flexibility index (Phi) is 3.44. The minimum atomic E-state index is -2.32. The summed E-state index contributed by atoms with van der Waals surface area (Å²) in [6.45, 7) is 0. The Labute approximate surface area is 125 Å². The van der Waals surface area contributed by atoms with E-state index in [9.17, 15) is 32.0 Å². The lowest BCUT2D eigenvalue weighted by Crippen LogP contribution is -2.41. The minimum Gasteiger partial charge on any atom is -0.359 e. The summed E-state index contributed by atoms with van der Waals surface area (Å²) in [6.07, 6.45) is -1.97. The van der Waals surface area contributed by atoms with Gasteiger partial charge in [-0.05, 0) is 12.1 Å². The fourth-order valence-corrected chi connectivity index (χ4v) is 2.30. The Morgan fingerprint density at radius 3 is 2.04 bits per heavy atom. The highest BCUT2D eigenvalue weighted by Gasteiger charge is 2.38. The monoisotopic (exact) mass is 330 g/mol. The van der Waals surface area contributed by atoms with Gasteiger partial charge in [0.1, 0.15) is 0 Å². The van der Waals surface area contributed by atoms with Crippen LogP contribution in [0, 0.1) is 29.1 Å². The molecule has 0 aromatic heterocycles. The molecule has 0 aliphatic carbocycles. The summed E-state index contributed by atoms with van der Waals surface area (Å²) in [4.78, 5) is 12.0. The molecule has 120 valence electrons. The van der Waals surface area contributed by atoms with Gasteiger partial charge in [0.2, 0.25) is 5.82 Å². The number of benzene rings is 2. The number of carbonyl (C=O) groups is 1. The van der Waals surface area contributed by atoms with Gasteiger partial charge in [-0.3, -0.25) is 10.0 Å². The van der Waals surface area contributed by atoms with E-state index in [1.807, 2.05) is 0 Å². The van der Waals surface area contributed by atoms with Gasteiger partial charge in [0.25, 0.3) is 5.91 Å². The zero-order chi connectivity index (χ0) is 16.9. The predicted octanol–water partition coefficient (Wildman–Crippen LogP) is 3.34. The Hall–Kier alpha value is -2.68. The van der Waals surface area contributed by atoms with E-state index >= 15 is 0 Å². The predicted molar refractivity (Wildman–Crippen MR) is 67.0 cm³/mol. The van der Waals surface area contributed by atoms with Crippen LogP contribution in [-0.4, -0.2) is 16.2 Å². The van der Waals surface area contributed by atoms with Crippen molar-refractivity contribution in [1.29, 1.82) is 0 Å². The maximum atomic E-state index is 13.9. The Bertz CT molecular complexity index is 798. The highest BCUT2D eigenvalue weighted by atomic mass is 19.2. The number of hydrogen-bond acceptors (Lipinski definition) is 3. The lowest BCUT2D eigenvalue weighted by Gasteiger charge is -2.33. The standard InChI is InChI=1S/C14H7F5N2O2/c15-8-7(9(16)11(18)12(19)10(8)17)13-20-6-4-2-1-3-5(6)14(22)21(13)23/h1-4,13,20,23H/t13-/m0/s1. The Balaban J connectivity index is 2.19. The van der Waals surface area contributed by atoms with Crippen LogP contribution in [0.25, 0.3) is 0 Å². The van der Waals surface area contributed by atoms with Crippen LogP contribution in [0.2, 0.25) is 0 Å². The van der Waals surface area contributed by atoms with Crippen molar-refractivity contribution in [2.45, 2.75) is 6.17 Å². The quantitative estimate of drug-likeness (QED) is 0.365. The second kappa shape index (κ2) is 5.20. The summed E-state index contributed by atoms with van der Waals surface area (Å²) in [5, 5.41) is 12.0. The average molecular weight is 330 g/mol. The van der Waals surface area contributed by atoms with Gasteiger partial charge in [-0.2, -0.15) is 5.06 Å². The van der Waals surface area contributed by atoms with Crippen LogP contribution in [-0.2, 0) is 0 Å². The summed E-state index contributed by atoms with van der Waals surface area (Å²) in [5.41, 5.74) is -1.29. The van der Waals surface area contributed by atoms with Crippen molar-refractivity contribution < 1.29 is 32.0 Å². The van der Waals surface area contributed by atoms with Gasteiger partial charge < -0.3 is 5.32 Å². The van der Waals surface area contributed by atoms with Gasteiger partial charge in [-0.15, -0.1) is 0 Å². The van der Waals surface area contributed by atoms with Crippen LogP contribution < -0.4 is 5.32 Å². The van der Waals surface area contributed by atoms with E-state index in [1.165, 1.54) is 24.3 Å². The van der Waals surface area contributed by atoms with E-state index in [4.69, 9.17) is 0 Å². The Morgan fingerprint density at radius 2 is 1.43 bits per heavy atom. The van der Waals surface area contributed by atoms with Crippen molar-refractivity contribution in [3.8, 4) is 0 Å². The number of hydrogen-bond donors (Lipinski definition) is 2. The second-order valence-corrected chi connectivity index (χ2v) is 4.73. The first-order valence-corrected chi connectivity index (χ1v) is 6.24. The molecule has 2 aromatic rings. The van der Waals surface area contributed by atoms with Crippen molar-refractivity contribution in [3.05, 3.63) is 64.5 Å². The molecular weight excluding hydrogens is 323 g/mol. The van der Waals surface area contributed by atoms with Crippen LogP contribution in [0.15, 0.2) is 24.3 Å². The molecule has 23 heavy (non-hydrogen) atoms. The summed E-state index contributed by atoms with van der Waals surface area (Å²) >= 11 is 0. The summed E-state index contributed by atoms with van der Waals surface area (Å²) in [5.74, 6) is -12.0. The fraction of sp³-hybridized carbons (Fsp3) is 0.0714. The van der Waals surface area contributed by atoms with Crippen LogP contribution in [0.3, 0.4) is 0 Å². The van der Waals surface area contributed by atoms with Crippen LogP contribution >= 0.6 is 0 Å². The van der Waals surface area contributed by atoms with Crippen molar-refractivity contribution in [1.82, 2.24) is 5.06 Å². The topological polar surface area (TPSA) is 52.6 Å². The molecule has 0 fully saturated rings. The Morgan fingerprint density at radius 1 is 0.913 bits per heavy atom. The number of carbonyl (C=O) groups excluding carboxylic acids is 1. The van der Waals surface area contributed by atoms with Crippen molar-refractivity contribution >= 4 is 11.6 Å². The van der Waals surface area contributed by atoms with Gasteiger partial charge in [0, 0.05) is 5.69 Å². The molecule has 1 aliphatic rings. The lowest BCUT2D eigenvalue weighted by atomic mass is 10.0. The summed E-state index contributed by atoms with van der Waals surface area (Å²) in [6, 6.07) is 5.65. The van der Waals surface area contributed by atoms with E-state index in [2.05, 4.69) is 5.32 Å². The molecule has 1 amide bonds. The third kappa shape index (κ3) is 2.12. The van der Waals surface area contributed by atoms with Crippen LogP contribution in [0.5, 0.6) is 0 Å². The van der Waals surface area contributed by atoms with Crippen molar-refractivity contribution in [3.63, 3.8) is 0 Å². The van der Waals surface area contributed by atoms with Gasteiger partial charge in [-0.1, -0.05) is 12.1 Å². The first-order valence-electron chi connectivity index (χ1n) is 6.24. The lowest BCUT2D eigenvalue weighted by molar-refractivity contribution is -0.0868. The largest absolute Gasteiger partial charge is 0.359 e. The molecule has 1 atom stereocenters. The SMILES string of the molecule is O=C1c2ccccc2N[C@H](c2c(F)c(F)c(F)c(F)c2F)N1O. The van der Waals surface area contributed by atoms with E-state index < -0.39 is 46.7 Å². The maximum absolute atomic E-state index is 13.9. The molecule has 1 heterocycles. The number of rotatable bonds is 1. The van der Waals surface area contributed by atoms with Gasteiger partial charge >= 0.3 is 0 Å². The third-order valence-corrected chi connectivity index (χ3v) is 3.42. The van der Waals surface area contributed by atoms with Crippen molar-refractivity contribution in [2.75, 3.05) is 5.32 Å². The molecule has 4 nitrogen and oxygen atoms in total. The highest BCUT2D eigenvalue weighted by Crippen LogP contribution is 2.36. The molecule has 2 aromatic carbocycles. The third-order valence-electron chi connectivity index (χ3n) is 3.42. The molecule has 1 aliphatic heterocycles. The number of hydroxylamine groups is 2. The van der Waals surface area contributed by atoms with E-state index in [1.54, 1.807) is 0 Å². The number of fused-ring (bicyclic) bond motifs is 1. The fourth-order valence-electron chi connectivity index (χ4n) is 2.30. The molecule has 0 spiro atoms. The molecule has 0 saturated heterocycles. The summed E-state index contributed by atoms with van der Waals surface area (Å²) in [7, 11) is 0. The smallest absolute Gasteiger partial charge is 0.281 e. The zero-order valence-corrected chi connectivity index (χ0v) is 11.1. The zero-order valence-electron chi connectivity index (χ0n) is 11.1. The maximum Gasteiger partial charge on any atom is 0.281 e. The minimum absolute atomic E-state index is 0.0184. The van der Waals surface area contributed by atoms with E-state index in [0.717, 1.165) is 0 Å². The molecule has 0 bridgehead atoms. The van der Waals surface area contributed by atoms with E-state index in [0.29, 0.717) is 0 Å². The normalized spacial score (nSPS) is 17.0. The molecule has 2 N–H and O–H groups in total. The van der Waals surface area contributed by atoms with Crippen LogP contribution in [0.1, 0.15) is 22.1 Å². The van der Waals surface area contributed by atoms with Crippen LogP contribution in [0.4, 0.5) is 27.6 Å². The average Bonchev–Trinajstić information content (AvgIpc) is 2.55. The number of halogens is 5. The number of amides is 1. The number of nitrogens with one attached hydrogen (secondary N) is 1. The molecule has 0 radical (unpaired) electrons. The molecule has 9 heteroatoms. The first-order chi connectivity index (χ1) is 10.8. The second-order valence-electron chi connectivity index (χ2n) is 4.73. The number of nitrogens with zero attached hydrogens (tertiary/aromatic N) is 1. The molecule has 3 rings (SSSR count). The van der Waals surface area contributed by atoms with Gasteiger partial charge in [0.15, 0.2) is 29.4 Å². The number of anilines is 1. The highest BCUT2D eigenvalue weighted by molar-refractivity contribution is 6.01. The summed E-state index contributed by atoms with van der Waals surface area (Å²) < 4.78 is 67.4.